The van der Waals surface area contributed by atoms with E-state index in [4.69, 9.17) is 4.74 Å². The summed E-state index contributed by atoms with van der Waals surface area (Å²) in [7, 11) is 0. The van der Waals surface area contributed by atoms with Gasteiger partial charge in [-0.3, -0.25) is 4.79 Å². The Morgan fingerprint density at radius 1 is 1.03 bits per heavy atom. The van der Waals surface area contributed by atoms with Gasteiger partial charge >= 0.3 is 5.97 Å². The highest BCUT2D eigenvalue weighted by Crippen LogP contribution is 2.82. The van der Waals surface area contributed by atoms with E-state index in [-0.39, 0.29) is 12.1 Å². The molecule has 0 radical (unpaired) electrons. The van der Waals surface area contributed by atoms with Gasteiger partial charge in [-0.25, -0.2) is 0 Å². The number of carbonyl (C=O) groups is 1. The standard InChI is InChI=1S/C29H47BrO2/c1-18(2)7-6-8-19(3)22-9-10-23-21-15-25(32-26(31)17-30)29-16-20(29)11-14-28(29,5)24(21)12-13-27(22,23)4/h18-25H,6-17H2,1-5H3/t19-,20-,21+,22-,23+,24+,25-,27-,28-,29+/m1/s1. The summed E-state index contributed by atoms with van der Waals surface area (Å²) < 4.78 is 6.26. The van der Waals surface area contributed by atoms with Gasteiger partial charge < -0.3 is 4.74 Å². The van der Waals surface area contributed by atoms with E-state index in [9.17, 15) is 4.79 Å². The summed E-state index contributed by atoms with van der Waals surface area (Å²) >= 11 is 3.36. The van der Waals surface area contributed by atoms with Gasteiger partial charge in [0.2, 0.25) is 0 Å². The van der Waals surface area contributed by atoms with Crippen molar-refractivity contribution in [1.29, 1.82) is 0 Å². The van der Waals surface area contributed by atoms with Crippen molar-refractivity contribution in [2.75, 3.05) is 5.33 Å². The summed E-state index contributed by atoms with van der Waals surface area (Å²) in [6.45, 7) is 12.6. The number of ether oxygens (including phenoxy) is 1. The zero-order valence-electron chi connectivity index (χ0n) is 21.3. The number of esters is 1. The van der Waals surface area contributed by atoms with E-state index >= 15 is 0 Å². The van der Waals surface area contributed by atoms with Crippen molar-refractivity contribution in [3.8, 4) is 0 Å². The van der Waals surface area contributed by atoms with Crippen molar-refractivity contribution >= 4 is 21.9 Å². The van der Waals surface area contributed by atoms with Gasteiger partial charge in [-0.15, -0.1) is 0 Å². The van der Waals surface area contributed by atoms with Crippen LogP contribution in [0, 0.1) is 57.7 Å². The molecule has 5 aliphatic rings. The minimum absolute atomic E-state index is 0.0376. The fourth-order valence-electron chi connectivity index (χ4n) is 10.6. The van der Waals surface area contributed by atoms with Crippen LogP contribution >= 0.6 is 15.9 Å². The SMILES string of the molecule is CC(C)CCC[C@@H](C)[C@H]1CC[C@H]2[C@@H]3C[C@@H](OC(=O)CBr)[C@]45C[C@H]4CC[C@]5(C)[C@H]3CC[C@]12C. The molecule has 0 aromatic carbocycles. The van der Waals surface area contributed by atoms with Crippen LogP contribution in [0.1, 0.15) is 105 Å². The van der Waals surface area contributed by atoms with E-state index in [1.165, 1.54) is 64.2 Å². The van der Waals surface area contributed by atoms with Crippen LogP contribution in [0.2, 0.25) is 0 Å². The first-order valence-electron chi connectivity index (χ1n) is 13.9. The normalized spacial score (nSPS) is 49.7. The number of rotatable bonds is 7. The number of hydrogen-bond donors (Lipinski definition) is 0. The van der Waals surface area contributed by atoms with Crippen LogP contribution in [0.25, 0.3) is 0 Å². The number of fused-ring (bicyclic) bond motifs is 4. The number of alkyl halides is 1. The van der Waals surface area contributed by atoms with Gasteiger partial charge in [0.05, 0.1) is 0 Å². The fraction of sp³-hybridized carbons (Fsp3) is 0.966. The van der Waals surface area contributed by atoms with Crippen molar-refractivity contribution in [3.63, 3.8) is 0 Å². The summed E-state index contributed by atoms with van der Waals surface area (Å²) in [6, 6.07) is 0. The third-order valence-electron chi connectivity index (χ3n) is 12.1. The lowest BCUT2D eigenvalue weighted by molar-refractivity contribution is -0.181. The molecule has 0 N–H and O–H groups in total. The van der Waals surface area contributed by atoms with Crippen molar-refractivity contribution in [3.05, 3.63) is 0 Å². The van der Waals surface area contributed by atoms with Gasteiger partial charge in [-0.1, -0.05) is 69.8 Å². The van der Waals surface area contributed by atoms with Crippen LogP contribution in [0.15, 0.2) is 0 Å². The lowest BCUT2D eigenvalue weighted by Crippen LogP contribution is -2.57. The Morgan fingerprint density at radius 2 is 1.81 bits per heavy atom. The Kier molecular flexibility index (Phi) is 6.12. The quantitative estimate of drug-likeness (QED) is 0.258. The molecule has 10 atom stereocenters. The zero-order chi connectivity index (χ0) is 22.9. The second-order valence-corrected chi connectivity index (χ2v) is 14.2. The maximum atomic E-state index is 12.4. The Bertz CT molecular complexity index is 735. The molecule has 0 heterocycles. The van der Waals surface area contributed by atoms with Gasteiger partial charge in [0, 0.05) is 5.41 Å². The minimum Gasteiger partial charge on any atom is -0.461 e. The van der Waals surface area contributed by atoms with Crippen LogP contribution < -0.4 is 0 Å². The molecule has 3 heteroatoms. The molecule has 32 heavy (non-hydrogen) atoms. The first-order valence-corrected chi connectivity index (χ1v) is 15.0. The van der Waals surface area contributed by atoms with Gasteiger partial charge in [0.1, 0.15) is 11.4 Å². The summed E-state index contributed by atoms with van der Waals surface area (Å²) in [5.41, 5.74) is 1.23. The highest BCUT2D eigenvalue weighted by Gasteiger charge is 2.78. The highest BCUT2D eigenvalue weighted by molar-refractivity contribution is 9.09. The maximum absolute atomic E-state index is 12.4. The van der Waals surface area contributed by atoms with Crippen LogP contribution in [-0.4, -0.2) is 17.4 Å². The van der Waals surface area contributed by atoms with Crippen molar-refractivity contribution < 1.29 is 9.53 Å². The molecule has 5 fully saturated rings. The zero-order valence-corrected chi connectivity index (χ0v) is 22.9. The molecule has 182 valence electrons. The Balaban J connectivity index is 1.37. The maximum Gasteiger partial charge on any atom is 0.316 e. The Morgan fingerprint density at radius 3 is 2.50 bits per heavy atom. The number of halogens is 1. The van der Waals surface area contributed by atoms with Crippen LogP contribution in [0.5, 0.6) is 0 Å². The second-order valence-electron chi connectivity index (χ2n) is 13.7. The summed E-state index contributed by atoms with van der Waals surface area (Å²) in [5, 5.41) is 0.339. The topological polar surface area (TPSA) is 26.3 Å². The number of hydrogen-bond acceptors (Lipinski definition) is 2. The second kappa shape index (κ2) is 8.27. The predicted molar refractivity (Wildman–Crippen MR) is 135 cm³/mol. The number of carbonyl (C=O) groups excluding carboxylic acids is 1. The Hall–Kier alpha value is -0.0500. The minimum atomic E-state index is -0.0376. The fourth-order valence-corrected chi connectivity index (χ4v) is 10.8. The van der Waals surface area contributed by atoms with E-state index in [2.05, 4.69) is 50.5 Å². The van der Waals surface area contributed by atoms with Crippen molar-refractivity contribution in [1.82, 2.24) is 0 Å². The molecule has 1 spiro atoms. The van der Waals surface area contributed by atoms with Crippen LogP contribution in [0.3, 0.4) is 0 Å². The summed E-state index contributed by atoms with van der Waals surface area (Å²) in [4.78, 5) is 12.4. The molecule has 5 aliphatic carbocycles. The molecule has 5 rings (SSSR count). The monoisotopic (exact) mass is 506 g/mol. The third kappa shape index (κ3) is 3.32. The molecule has 0 saturated heterocycles. The van der Waals surface area contributed by atoms with Gasteiger partial charge in [-0.2, -0.15) is 0 Å². The molecular formula is C29H47BrO2. The average Bonchev–Trinajstić information content (AvgIpc) is 3.26. The average molecular weight is 508 g/mol. The molecule has 5 saturated carbocycles. The van der Waals surface area contributed by atoms with Crippen LogP contribution in [-0.2, 0) is 9.53 Å². The first kappa shape index (κ1) is 23.7. The Labute approximate surface area is 205 Å². The molecule has 0 unspecified atom stereocenters. The summed E-state index contributed by atoms with van der Waals surface area (Å²) in [5.74, 6) is 5.84. The smallest absolute Gasteiger partial charge is 0.316 e. The molecule has 0 bridgehead atoms. The molecule has 0 aromatic rings. The van der Waals surface area contributed by atoms with E-state index in [0.29, 0.717) is 21.6 Å². The van der Waals surface area contributed by atoms with Crippen LogP contribution in [0.4, 0.5) is 0 Å². The third-order valence-corrected chi connectivity index (χ3v) is 12.6. The van der Waals surface area contributed by atoms with Gasteiger partial charge in [0.25, 0.3) is 0 Å². The summed E-state index contributed by atoms with van der Waals surface area (Å²) in [6.07, 6.45) is 15.3. The molecule has 2 nitrogen and oxygen atoms in total. The van der Waals surface area contributed by atoms with E-state index in [1.54, 1.807) is 0 Å². The predicted octanol–water partition coefficient (Wildman–Crippen LogP) is 8.02. The molecule has 0 aliphatic heterocycles. The van der Waals surface area contributed by atoms with E-state index in [1.807, 2.05) is 0 Å². The lowest BCUT2D eigenvalue weighted by Gasteiger charge is -2.60. The largest absolute Gasteiger partial charge is 0.461 e. The van der Waals surface area contributed by atoms with Crippen molar-refractivity contribution in [2.24, 2.45) is 57.7 Å². The van der Waals surface area contributed by atoms with E-state index < -0.39 is 0 Å². The van der Waals surface area contributed by atoms with E-state index in [0.717, 1.165) is 47.8 Å². The molecule has 0 amide bonds. The lowest BCUT2D eigenvalue weighted by atomic mass is 9.45. The van der Waals surface area contributed by atoms with Gasteiger partial charge in [-0.05, 0) is 104 Å². The molecular weight excluding hydrogens is 460 g/mol. The van der Waals surface area contributed by atoms with Gasteiger partial charge in [0.15, 0.2) is 0 Å². The highest BCUT2D eigenvalue weighted by atomic mass is 79.9. The molecule has 0 aromatic heterocycles. The van der Waals surface area contributed by atoms with Crippen molar-refractivity contribution in [2.45, 2.75) is 111 Å². The first-order chi connectivity index (χ1) is 15.2.